The Balaban J connectivity index is 2.03. The third kappa shape index (κ3) is 8.57. The molecule has 2 amide bonds. The SMILES string of the molecule is CCC(C)NC(=NCC(=O)N(C)C)N1CCC(N(CC2CC2)C(=O)OC(C)(C)C)CC1. The lowest BCUT2D eigenvalue weighted by Crippen LogP contribution is -2.53. The van der Waals surface area contributed by atoms with Gasteiger partial charge < -0.3 is 24.8 Å². The van der Waals surface area contributed by atoms with E-state index in [9.17, 15) is 9.59 Å². The van der Waals surface area contributed by atoms with Crippen LogP contribution in [0.5, 0.6) is 0 Å². The highest BCUT2D eigenvalue weighted by Gasteiger charge is 2.35. The quantitative estimate of drug-likeness (QED) is 0.489. The van der Waals surface area contributed by atoms with Crippen LogP contribution in [0.3, 0.4) is 0 Å². The molecule has 2 aliphatic rings. The number of hydrogen-bond donors (Lipinski definition) is 1. The largest absolute Gasteiger partial charge is 0.444 e. The van der Waals surface area contributed by atoms with Crippen LogP contribution in [0, 0.1) is 5.92 Å². The first kappa shape index (κ1) is 25.3. The number of hydrogen-bond acceptors (Lipinski definition) is 4. The Morgan fingerprint density at radius 1 is 1.16 bits per heavy atom. The number of piperidine rings is 1. The summed E-state index contributed by atoms with van der Waals surface area (Å²) in [6.07, 6.45) is 4.93. The minimum absolute atomic E-state index is 0.0149. The second-order valence-electron chi connectivity index (χ2n) is 10.2. The molecule has 1 unspecified atom stereocenters. The van der Waals surface area contributed by atoms with Crippen LogP contribution in [0.15, 0.2) is 4.99 Å². The fraction of sp³-hybridized carbons (Fsp3) is 0.870. The highest BCUT2D eigenvalue weighted by Crippen LogP contribution is 2.32. The number of rotatable bonds is 7. The topological polar surface area (TPSA) is 77.5 Å². The maximum atomic E-state index is 12.9. The molecule has 31 heavy (non-hydrogen) atoms. The van der Waals surface area contributed by atoms with Gasteiger partial charge in [-0.05, 0) is 65.7 Å². The molecular formula is C23H43N5O3. The number of carbonyl (C=O) groups excluding carboxylic acids is 2. The molecule has 0 radical (unpaired) electrons. The van der Waals surface area contributed by atoms with Crippen LogP contribution < -0.4 is 5.32 Å². The van der Waals surface area contributed by atoms with Gasteiger partial charge in [0.25, 0.3) is 0 Å². The van der Waals surface area contributed by atoms with Gasteiger partial charge in [-0.1, -0.05) is 6.92 Å². The Morgan fingerprint density at radius 3 is 2.26 bits per heavy atom. The molecule has 8 nitrogen and oxygen atoms in total. The zero-order chi connectivity index (χ0) is 23.2. The van der Waals surface area contributed by atoms with E-state index < -0.39 is 5.60 Å². The molecule has 0 aromatic heterocycles. The Bertz CT molecular complexity index is 632. The number of ether oxygens (including phenoxy) is 1. The smallest absolute Gasteiger partial charge is 0.410 e. The van der Waals surface area contributed by atoms with Crippen LogP contribution in [0.2, 0.25) is 0 Å². The lowest BCUT2D eigenvalue weighted by molar-refractivity contribution is -0.127. The van der Waals surface area contributed by atoms with Gasteiger partial charge in [-0.3, -0.25) is 4.79 Å². The number of likely N-dealkylation sites (tertiary alicyclic amines) is 1. The predicted molar refractivity (Wildman–Crippen MR) is 124 cm³/mol. The number of likely N-dealkylation sites (N-methyl/N-ethyl adjacent to an activating group) is 1. The summed E-state index contributed by atoms with van der Waals surface area (Å²) in [4.78, 5) is 35.3. The van der Waals surface area contributed by atoms with Gasteiger partial charge >= 0.3 is 6.09 Å². The summed E-state index contributed by atoms with van der Waals surface area (Å²) in [6.45, 7) is 12.5. The molecule has 1 saturated heterocycles. The molecule has 1 heterocycles. The zero-order valence-corrected chi connectivity index (χ0v) is 20.6. The van der Waals surface area contributed by atoms with E-state index in [1.807, 2.05) is 25.7 Å². The van der Waals surface area contributed by atoms with Gasteiger partial charge in [-0.2, -0.15) is 0 Å². The molecule has 1 atom stereocenters. The first-order valence-electron chi connectivity index (χ1n) is 11.8. The lowest BCUT2D eigenvalue weighted by atomic mass is 10.0. The van der Waals surface area contributed by atoms with E-state index in [1.165, 1.54) is 12.8 Å². The van der Waals surface area contributed by atoms with Crippen molar-refractivity contribution in [3.05, 3.63) is 0 Å². The predicted octanol–water partition coefficient (Wildman–Crippen LogP) is 2.93. The molecular weight excluding hydrogens is 394 g/mol. The van der Waals surface area contributed by atoms with E-state index in [1.54, 1.807) is 19.0 Å². The van der Waals surface area contributed by atoms with Crippen molar-refractivity contribution in [1.29, 1.82) is 0 Å². The van der Waals surface area contributed by atoms with Crippen molar-refractivity contribution in [2.75, 3.05) is 40.3 Å². The second-order valence-corrected chi connectivity index (χ2v) is 10.2. The van der Waals surface area contributed by atoms with Crippen LogP contribution in [0.1, 0.15) is 66.7 Å². The van der Waals surface area contributed by atoms with E-state index in [-0.39, 0.29) is 30.6 Å². The summed E-state index contributed by atoms with van der Waals surface area (Å²) in [5, 5.41) is 3.47. The monoisotopic (exact) mass is 437 g/mol. The van der Waals surface area contributed by atoms with Gasteiger partial charge in [0.2, 0.25) is 5.91 Å². The van der Waals surface area contributed by atoms with Crippen molar-refractivity contribution >= 4 is 18.0 Å². The molecule has 0 spiro atoms. The lowest BCUT2D eigenvalue weighted by Gasteiger charge is -2.40. The molecule has 2 rings (SSSR count). The maximum Gasteiger partial charge on any atom is 0.410 e. The second kappa shape index (κ2) is 11.0. The van der Waals surface area contributed by atoms with Crippen molar-refractivity contribution in [2.45, 2.75) is 84.4 Å². The standard InChI is InChI=1S/C23H43N5O3/c1-8-17(2)25-21(24-15-20(29)26(6)7)27-13-11-19(12-14-27)28(16-18-9-10-18)22(30)31-23(3,4)5/h17-19H,8-16H2,1-7H3,(H,24,25). The number of nitrogens with one attached hydrogen (secondary N) is 1. The Morgan fingerprint density at radius 2 is 1.77 bits per heavy atom. The van der Waals surface area contributed by atoms with Gasteiger partial charge in [0, 0.05) is 45.8 Å². The van der Waals surface area contributed by atoms with Crippen LogP contribution >= 0.6 is 0 Å². The number of aliphatic imine (C=N–C) groups is 1. The van der Waals surface area contributed by atoms with Crippen LogP contribution in [0.25, 0.3) is 0 Å². The fourth-order valence-electron chi connectivity index (χ4n) is 3.50. The molecule has 8 heteroatoms. The third-order valence-corrected chi connectivity index (χ3v) is 5.84. The van der Waals surface area contributed by atoms with E-state index >= 15 is 0 Å². The van der Waals surface area contributed by atoms with E-state index in [4.69, 9.17) is 4.74 Å². The summed E-state index contributed by atoms with van der Waals surface area (Å²) < 4.78 is 5.71. The molecule has 0 aromatic rings. The Labute approximate surface area is 188 Å². The Hall–Kier alpha value is -1.99. The summed E-state index contributed by atoms with van der Waals surface area (Å²) in [5.41, 5.74) is -0.487. The summed E-state index contributed by atoms with van der Waals surface area (Å²) in [6, 6.07) is 0.457. The maximum absolute atomic E-state index is 12.9. The van der Waals surface area contributed by atoms with E-state index in [2.05, 4.69) is 29.1 Å². The van der Waals surface area contributed by atoms with E-state index in [0.29, 0.717) is 5.92 Å². The zero-order valence-electron chi connectivity index (χ0n) is 20.6. The highest BCUT2D eigenvalue weighted by molar-refractivity contribution is 5.85. The number of guanidine groups is 1. The van der Waals surface area contributed by atoms with Crippen LogP contribution in [0.4, 0.5) is 4.79 Å². The van der Waals surface area contributed by atoms with Crippen LogP contribution in [-0.4, -0.2) is 90.6 Å². The van der Waals surface area contributed by atoms with Crippen molar-refractivity contribution in [3.63, 3.8) is 0 Å². The van der Waals surface area contributed by atoms with Crippen molar-refractivity contribution in [1.82, 2.24) is 20.0 Å². The van der Waals surface area contributed by atoms with Gasteiger partial charge in [-0.15, -0.1) is 0 Å². The first-order chi connectivity index (χ1) is 14.5. The van der Waals surface area contributed by atoms with Crippen molar-refractivity contribution in [3.8, 4) is 0 Å². The Kier molecular flexibility index (Phi) is 9.01. The summed E-state index contributed by atoms with van der Waals surface area (Å²) in [5.74, 6) is 1.39. The number of nitrogens with zero attached hydrogens (tertiary/aromatic N) is 4. The van der Waals surface area contributed by atoms with Gasteiger partial charge in [0.15, 0.2) is 5.96 Å². The van der Waals surface area contributed by atoms with Crippen LogP contribution in [-0.2, 0) is 9.53 Å². The average Bonchev–Trinajstić information content (AvgIpc) is 3.51. The van der Waals surface area contributed by atoms with Crippen molar-refractivity contribution in [2.24, 2.45) is 10.9 Å². The number of amides is 2. The minimum Gasteiger partial charge on any atom is -0.444 e. The first-order valence-corrected chi connectivity index (χ1v) is 11.8. The third-order valence-electron chi connectivity index (χ3n) is 5.84. The molecule has 0 aromatic carbocycles. The van der Waals surface area contributed by atoms with Crippen molar-refractivity contribution < 1.29 is 14.3 Å². The summed E-state index contributed by atoms with van der Waals surface area (Å²) >= 11 is 0. The number of carbonyl (C=O) groups is 2. The van der Waals surface area contributed by atoms with Gasteiger partial charge in [-0.25, -0.2) is 9.79 Å². The molecule has 1 saturated carbocycles. The molecule has 1 aliphatic heterocycles. The molecule has 0 bridgehead atoms. The fourth-order valence-corrected chi connectivity index (χ4v) is 3.50. The van der Waals surface area contributed by atoms with Gasteiger partial charge in [0.1, 0.15) is 12.1 Å². The van der Waals surface area contributed by atoms with E-state index in [0.717, 1.165) is 44.9 Å². The molecule has 2 fully saturated rings. The highest BCUT2D eigenvalue weighted by atomic mass is 16.6. The minimum atomic E-state index is -0.487. The molecule has 1 aliphatic carbocycles. The molecule has 178 valence electrons. The van der Waals surface area contributed by atoms with Gasteiger partial charge in [0.05, 0.1) is 0 Å². The molecule has 1 N–H and O–H groups in total. The average molecular weight is 438 g/mol. The summed E-state index contributed by atoms with van der Waals surface area (Å²) in [7, 11) is 3.49. The normalized spacial score (nSPS) is 19.1.